The predicted octanol–water partition coefficient (Wildman–Crippen LogP) is 2.70. The van der Waals surface area contributed by atoms with Gasteiger partial charge in [-0.3, -0.25) is 9.69 Å². The van der Waals surface area contributed by atoms with Gasteiger partial charge in [-0.25, -0.2) is 14.5 Å². The van der Waals surface area contributed by atoms with E-state index < -0.39 is 5.97 Å². The van der Waals surface area contributed by atoms with Crippen LogP contribution >= 0.6 is 11.6 Å². The molecule has 1 aliphatic rings. The highest BCUT2D eigenvalue weighted by molar-refractivity contribution is 6.32. The van der Waals surface area contributed by atoms with Crippen LogP contribution in [0.4, 0.5) is 0 Å². The fraction of sp³-hybridized carbons (Fsp3) is 0.368. The highest BCUT2D eigenvalue weighted by atomic mass is 35.5. The van der Waals surface area contributed by atoms with Gasteiger partial charge in [-0.05, 0) is 43.6 Å². The van der Waals surface area contributed by atoms with Crippen LogP contribution in [0.5, 0.6) is 0 Å². The molecule has 3 aromatic rings. The number of halogens is 1. The summed E-state index contributed by atoms with van der Waals surface area (Å²) in [5.74, 6) is -0.531. The molecule has 146 valence electrons. The molecule has 0 aliphatic carbocycles. The lowest BCUT2D eigenvalue weighted by Crippen LogP contribution is -2.35. The summed E-state index contributed by atoms with van der Waals surface area (Å²) < 4.78 is 1.36. The second-order valence-electron chi connectivity index (χ2n) is 7.05. The minimum absolute atomic E-state index is 0.0717. The fourth-order valence-electron chi connectivity index (χ4n) is 3.49. The van der Waals surface area contributed by atoms with E-state index in [1.807, 2.05) is 6.07 Å². The summed E-state index contributed by atoms with van der Waals surface area (Å²) >= 11 is 6.37. The van der Waals surface area contributed by atoms with Gasteiger partial charge in [0.1, 0.15) is 0 Å². The van der Waals surface area contributed by atoms with Crippen LogP contribution < -0.4 is 0 Å². The Morgan fingerprint density at radius 2 is 2.00 bits per heavy atom. The second-order valence-corrected chi connectivity index (χ2v) is 7.46. The molecule has 0 unspecified atom stereocenters. The molecule has 28 heavy (non-hydrogen) atoms. The van der Waals surface area contributed by atoms with Crippen LogP contribution in [0.15, 0.2) is 24.5 Å². The van der Waals surface area contributed by atoms with E-state index in [0.717, 1.165) is 31.5 Å². The van der Waals surface area contributed by atoms with Gasteiger partial charge in [0.25, 0.3) is 0 Å². The standard InChI is InChI=1S/C19H20ClN5O3/c20-15-8-17-16(22-19(23-17)25-10-13(9-21-25)18(27)28)7-12(15)6-14(26)11-24-4-2-1-3-5-24/h7-10H,1-6,11H2,(H,22,23)(H,27,28). The smallest absolute Gasteiger partial charge is 0.338 e. The van der Waals surface area contributed by atoms with Crippen LogP contribution in [0.2, 0.25) is 5.02 Å². The topological polar surface area (TPSA) is 104 Å². The molecule has 0 radical (unpaired) electrons. The minimum Gasteiger partial charge on any atom is -0.478 e. The molecule has 4 rings (SSSR count). The number of Topliss-reactive ketones (excluding diaryl/α,β-unsaturated/α-hetero) is 1. The second kappa shape index (κ2) is 7.73. The number of carbonyl (C=O) groups is 2. The number of H-pyrrole nitrogens is 1. The Labute approximate surface area is 166 Å². The molecule has 2 N–H and O–H groups in total. The molecule has 0 spiro atoms. The molecule has 9 heteroatoms. The number of nitrogens with zero attached hydrogens (tertiary/aromatic N) is 4. The normalized spacial score (nSPS) is 15.2. The molecule has 8 nitrogen and oxygen atoms in total. The Bertz CT molecular complexity index is 1040. The van der Waals surface area contributed by atoms with E-state index in [1.165, 1.54) is 23.5 Å². The van der Waals surface area contributed by atoms with Crippen molar-refractivity contribution in [2.45, 2.75) is 25.7 Å². The Morgan fingerprint density at radius 3 is 2.71 bits per heavy atom. The summed E-state index contributed by atoms with van der Waals surface area (Å²) in [5.41, 5.74) is 2.16. The maximum absolute atomic E-state index is 12.5. The first-order chi connectivity index (χ1) is 13.5. The molecule has 1 fully saturated rings. The third-order valence-corrected chi connectivity index (χ3v) is 5.27. The summed E-state index contributed by atoms with van der Waals surface area (Å²) in [6, 6.07) is 3.53. The number of piperidine rings is 1. The van der Waals surface area contributed by atoms with E-state index in [9.17, 15) is 9.59 Å². The Hall–Kier alpha value is -2.71. The largest absolute Gasteiger partial charge is 0.478 e. The lowest BCUT2D eigenvalue weighted by atomic mass is 10.1. The number of aromatic nitrogens is 4. The van der Waals surface area contributed by atoms with Gasteiger partial charge >= 0.3 is 5.97 Å². The maximum atomic E-state index is 12.5. The summed E-state index contributed by atoms with van der Waals surface area (Å²) in [6.07, 6.45) is 6.43. The van der Waals surface area contributed by atoms with Crippen molar-refractivity contribution in [1.82, 2.24) is 24.6 Å². The third kappa shape index (κ3) is 3.93. The predicted molar refractivity (Wildman–Crippen MR) is 104 cm³/mol. The molecular weight excluding hydrogens is 382 g/mol. The number of likely N-dealkylation sites (tertiary alicyclic amines) is 1. The quantitative estimate of drug-likeness (QED) is 0.658. The van der Waals surface area contributed by atoms with Crippen molar-refractivity contribution in [3.05, 3.63) is 40.7 Å². The van der Waals surface area contributed by atoms with E-state index in [1.54, 1.807) is 6.07 Å². The molecule has 2 aromatic heterocycles. The minimum atomic E-state index is -1.06. The highest BCUT2D eigenvalue weighted by Gasteiger charge is 2.17. The Kier molecular flexibility index (Phi) is 5.15. The zero-order valence-electron chi connectivity index (χ0n) is 15.2. The first kappa shape index (κ1) is 18.6. The first-order valence-electron chi connectivity index (χ1n) is 9.20. The number of hydrogen-bond acceptors (Lipinski definition) is 5. The molecular formula is C19H20ClN5O3. The van der Waals surface area contributed by atoms with Gasteiger partial charge in [-0.15, -0.1) is 0 Å². The number of benzene rings is 1. The van der Waals surface area contributed by atoms with Crippen LogP contribution in [0, 0.1) is 0 Å². The zero-order valence-corrected chi connectivity index (χ0v) is 15.9. The molecule has 0 atom stereocenters. The molecule has 3 heterocycles. The van der Waals surface area contributed by atoms with Gasteiger partial charge in [-0.1, -0.05) is 18.0 Å². The van der Waals surface area contributed by atoms with Crippen molar-refractivity contribution < 1.29 is 14.7 Å². The Morgan fingerprint density at radius 1 is 1.21 bits per heavy atom. The average Bonchev–Trinajstić information content (AvgIpc) is 3.29. The van der Waals surface area contributed by atoms with E-state index in [-0.39, 0.29) is 17.8 Å². The fourth-order valence-corrected chi connectivity index (χ4v) is 3.72. The van der Waals surface area contributed by atoms with E-state index in [4.69, 9.17) is 16.7 Å². The number of aromatic amines is 1. The number of aromatic carboxylic acids is 1. The number of ketones is 1. The molecule has 1 aromatic carbocycles. The maximum Gasteiger partial charge on any atom is 0.338 e. The highest BCUT2D eigenvalue weighted by Crippen LogP contribution is 2.24. The zero-order chi connectivity index (χ0) is 19.7. The van der Waals surface area contributed by atoms with Gasteiger partial charge in [0.05, 0.1) is 29.3 Å². The summed E-state index contributed by atoms with van der Waals surface area (Å²) in [4.78, 5) is 33.2. The van der Waals surface area contributed by atoms with Crippen LogP contribution in [0.3, 0.4) is 0 Å². The number of rotatable bonds is 6. The monoisotopic (exact) mass is 401 g/mol. The Balaban J connectivity index is 1.53. The van der Waals surface area contributed by atoms with E-state index in [0.29, 0.717) is 28.5 Å². The van der Waals surface area contributed by atoms with Crippen molar-refractivity contribution in [1.29, 1.82) is 0 Å². The van der Waals surface area contributed by atoms with Crippen molar-refractivity contribution in [3.8, 4) is 5.95 Å². The van der Waals surface area contributed by atoms with Crippen molar-refractivity contribution >= 4 is 34.4 Å². The first-order valence-corrected chi connectivity index (χ1v) is 9.58. The summed E-state index contributed by atoms with van der Waals surface area (Å²) in [6.45, 7) is 2.41. The number of carboxylic acids is 1. The number of nitrogens with one attached hydrogen (secondary N) is 1. The number of fused-ring (bicyclic) bond motifs is 1. The van der Waals surface area contributed by atoms with Crippen LogP contribution in [0.1, 0.15) is 35.2 Å². The molecule has 0 saturated carbocycles. The number of carboxylic acid groups (broad SMARTS) is 1. The lowest BCUT2D eigenvalue weighted by Gasteiger charge is -2.25. The summed E-state index contributed by atoms with van der Waals surface area (Å²) in [7, 11) is 0. The van der Waals surface area contributed by atoms with Crippen LogP contribution in [-0.2, 0) is 11.2 Å². The van der Waals surface area contributed by atoms with Gasteiger partial charge < -0.3 is 10.1 Å². The molecule has 1 aliphatic heterocycles. The summed E-state index contributed by atoms with van der Waals surface area (Å²) in [5, 5.41) is 13.5. The van der Waals surface area contributed by atoms with Gasteiger partial charge in [0, 0.05) is 17.6 Å². The van der Waals surface area contributed by atoms with Crippen molar-refractivity contribution in [2.24, 2.45) is 0 Å². The van der Waals surface area contributed by atoms with Crippen molar-refractivity contribution in [2.75, 3.05) is 19.6 Å². The van der Waals surface area contributed by atoms with Gasteiger partial charge in [0.2, 0.25) is 5.95 Å². The molecule has 0 bridgehead atoms. The molecule has 0 amide bonds. The lowest BCUT2D eigenvalue weighted by molar-refractivity contribution is -0.119. The van der Waals surface area contributed by atoms with Crippen LogP contribution in [-0.4, -0.2) is 61.1 Å². The third-order valence-electron chi connectivity index (χ3n) is 4.92. The SMILES string of the molecule is O=C(Cc1cc2[nH]c(-n3cc(C(=O)O)cn3)nc2cc1Cl)CN1CCCCC1. The number of carbonyl (C=O) groups excluding carboxylic acids is 1. The van der Waals surface area contributed by atoms with E-state index in [2.05, 4.69) is 20.0 Å². The van der Waals surface area contributed by atoms with Gasteiger partial charge in [-0.2, -0.15) is 5.10 Å². The van der Waals surface area contributed by atoms with Crippen LogP contribution in [0.25, 0.3) is 17.0 Å². The molecule has 1 saturated heterocycles. The number of hydrogen-bond donors (Lipinski definition) is 2. The van der Waals surface area contributed by atoms with Gasteiger partial charge in [0.15, 0.2) is 5.78 Å². The average molecular weight is 402 g/mol. The number of imidazole rings is 1. The van der Waals surface area contributed by atoms with Crippen molar-refractivity contribution in [3.63, 3.8) is 0 Å². The van der Waals surface area contributed by atoms with E-state index >= 15 is 0 Å².